The largest absolute Gasteiger partial charge is 0.493 e. The van der Waals surface area contributed by atoms with Crippen molar-refractivity contribution in [1.82, 2.24) is 5.43 Å². The fraction of sp³-hybridized carbons (Fsp3) is 0.192. The maximum atomic E-state index is 12.4. The van der Waals surface area contributed by atoms with E-state index in [0.29, 0.717) is 12.0 Å². The van der Waals surface area contributed by atoms with Gasteiger partial charge in [-0.15, -0.1) is 11.3 Å². The minimum Gasteiger partial charge on any atom is -0.493 e. The normalized spacial score (nSPS) is 11.9. The van der Waals surface area contributed by atoms with Gasteiger partial charge in [0, 0.05) is 17.0 Å². The summed E-state index contributed by atoms with van der Waals surface area (Å²) in [6.45, 7) is 0. The second-order valence-electron chi connectivity index (χ2n) is 8.31. The Morgan fingerprint density at radius 1 is 1.00 bits per heavy atom. The fourth-order valence-corrected chi connectivity index (χ4v) is 5.19. The molecule has 0 saturated carbocycles. The number of hydrazone groups is 1. The highest BCUT2D eigenvalue weighted by atomic mass is 32.1. The third kappa shape index (κ3) is 6.13. The standard InChI is InChI=1S/C26H22N4O9S/c1-37-19-12-14(6-11-18(19)39-25(33)15-7-9-16(10-8-15)30(35)36)13-27-29-23(32)22(31)28-24-21(26(34)38-2)17-4-3-5-20(17)40-24/h6-13H,3-5H2,1-2H3,(H,28,31)(H,29,32)/b27-13+. The summed E-state index contributed by atoms with van der Waals surface area (Å²) in [6.07, 6.45) is 3.63. The van der Waals surface area contributed by atoms with Gasteiger partial charge in [0.2, 0.25) is 0 Å². The van der Waals surface area contributed by atoms with Crippen LogP contribution in [0.15, 0.2) is 47.6 Å². The summed E-state index contributed by atoms with van der Waals surface area (Å²) in [5, 5.41) is 17.3. The first-order valence-corrected chi connectivity index (χ1v) is 12.5. The Bertz CT molecular complexity index is 1530. The second-order valence-corrected chi connectivity index (χ2v) is 9.42. The van der Waals surface area contributed by atoms with Gasteiger partial charge in [0.1, 0.15) is 5.00 Å². The van der Waals surface area contributed by atoms with Crippen LogP contribution >= 0.6 is 11.3 Å². The van der Waals surface area contributed by atoms with Gasteiger partial charge < -0.3 is 19.5 Å². The van der Waals surface area contributed by atoms with Crippen LogP contribution in [0.3, 0.4) is 0 Å². The molecule has 1 aromatic heterocycles. The highest BCUT2D eigenvalue weighted by Crippen LogP contribution is 2.39. The number of hydrogen-bond acceptors (Lipinski definition) is 11. The predicted octanol–water partition coefficient (Wildman–Crippen LogP) is 3.25. The molecule has 0 spiro atoms. The summed E-state index contributed by atoms with van der Waals surface area (Å²) in [5.41, 5.74) is 3.60. The van der Waals surface area contributed by atoms with E-state index in [2.05, 4.69) is 15.8 Å². The van der Waals surface area contributed by atoms with E-state index in [4.69, 9.17) is 14.2 Å². The SMILES string of the molecule is COC(=O)c1c(NC(=O)C(=O)N/N=C/c2ccc(OC(=O)c3ccc([N+](=O)[O-])cc3)c(OC)c2)sc2c1CCC2. The number of hydrogen-bond donors (Lipinski definition) is 2. The predicted molar refractivity (Wildman–Crippen MR) is 143 cm³/mol. The van der Waals surface area contributed by atoms with Gasteiger partial charge in [-0.25, -0.2) is 15.0 Å². The molecular formula is C26H22N4O9S. The van der Waals surface area contributed by atoms with Gasteiger partial charge in [0.15, 0.2) is 11.5 Å². The number of rotatable bonds is 8. The smallest absolute Gasteiger partial charge is 0.343 e. The van der Waals surface area contributed by atoms with E-state index in [0.717, 1.165) is 23.3 Å². The number of non-ortho nitro benzene ring substituents is 1. The summed E-state index contributed by atoms with van der Waals surface area (Å²) < 4.78 is 15.4. The molecule has 2 aromatic carbocycles. The number of methoxy groups -OCH3 is 2. The molecule has 0 fully saturated rings. The van der Waals surface area contributed by atoms with Gasteiger partial charge in [-0.05, 0) is 60.7 Å². The zero-order valence-corrected chi connectivity index (χ0v) is 22.0. The molecule has 3 aromatic rings. The maximum Gasteiger partial charge on any atom is 0.343 e. The lowest BCUT2D eigenvalue weighted by molar-refractivity contribution is -0.384. The molecule has 13 nitrogen and oxygen atoms in total. The molecule has 0 bridgehead atoms. The van der Waals surface area contributed by atoms with E-state index in [9.17, 15) is 29.3 Å². The molecule has 1 heterocycles. The van der Waals surface area contributed by atoms with Gasteiger partial charge in [0.25, 0.3) is 5.69 Å². The molecule has 40 heavy (non-hydrogen) atoms. The first-order chi connectivity index (χ1) is 19.2. The zero-order chi connectivity index (χ0) is 28.8. The summed E-state index contributed by atoms with van der Waals surface area (Å²) in [4.78, 5) is 60.5. The number of anilines is 1. The lowest BCUT2D eigenvalue weighted by atomic mass is 10.1. The molecule has 0 radical (unpaired) electrons. The minimum absolute atomic E-state index is 0.0793. The van der Waals surface area contributed by atoms with Crippen molar-refractivity contribution in [3.05, 3.63) is 79.7 Å². The van der Waals surface area contributed by atoms with E-state index in [1.807, 2.05) is 0 Å². The number of nitro groups is 1. The number of benzene rings is 2. The summed E-state index contributed by atoms with van der Waals surface area (Å²) >= 11 is 1.24. The Morgan fingerprint density at radius 2 is 1.75 bits per heavy atom. The lowest BCUT2D eigenvalue weighted by Gasteiger charge is -2.10. The molecule has 14 heteroatoms. The van der Waals surface area contributed by atoms with Gasteiger partial charge in [-0.2, -0.15) is 5.10 Å². The minimum atomic E-state index is -1.05. The molecule has 0 unspecified atom stereocenters. The molecule has 206 valence electrons. The highest BCUT2D eigenvalue weighted by molar-refractivity contribution is 7.17. The summed E-state index contributed by atoms with van der Waals surface area (Å²) in [7, 11) is 2.60. The van der Waals surface area contributed by atoms with Crippen LogP contribution in [0.5, 0.6) is 11.5 Å². The van der Waals surface area contributed by atoms with Crippen LogP contribution in [0.4, 0.5) is 10.7 Å². The molecule has 0 aliphatic heterocycles. The summed E-state index contributed by atoms with van der Waals surface area (Å²) in [6, 6.07) is 9.35. The number of carbonyl (C=O) groups excluding carboxylic acids is 4. The fourth-order valence-electron chi connectivity index (χ4n) is 3.91. The number of esters is 2. The van der Waals surface area contributed by atoms with Crippen LogP contribution in [0.25, 0.3) is 0 Å². The highest BCUT2D eigenvalue weighted by Gasteiger charge is 2.29. The van der Waals surface area contributed by atoms with Gasteiger partial charge >= 0.3 is 23.8 Å². The molecule has 4 rings (SSSR count). The Balaban J connectivity index is 1.37. The number of amides is 2. The van der Waals surface area contributed by atoms with Crippen molar-refractivity contribution in [2.45, 2.75) is 19.3 Å². The van der Waals surface area contributed by atoms with Gasteiger partial charge in [0.05, 0.1) is 36.5 Å². The number of nitrogens with zero attached hydrogens (tertiary/aromatic N) is 2. The van der Waals surface area contributed by atoms with Crippen molar-refractivity contribution in [2.24, 2.45) is 5.10 Å². The Morgan fingerprint density at radius 3 is 2.42 bits per heavy atom. The van der Waals surface area contributed by atoms with Crippen molar-refractivity contribution < 1.29 is 38.3 Å². The summed E-state index contributed by atoms with van der Waals surface area (Å²) in [5.74, 6) is -3.14. The third-order valence-electron chi connectivity index (χ3n) is 5.83. The average Bonchev–Trinajstić information content (AvgIpc) is 3.54. The number of fused-ring (bicyclic) bond motifs is 1. The Hall–Kier alpha value is -5.11. The van der Waals surface area contributed by atoms with Crippen molar-refractivity contribution >= 4 is 52.0 Å². The molecular weight excluding hydrogens is 544 g/mol. The van der Waals surface area contributed by atoms with Crippen LogP contribution in [0.1, 0.15) is 43.1 Å². The number of carbonyl (C=O) groups is 4. The topological polar surface area (TPSA) is 176 Å². The third-order valence-corrected chi connectivity index (χ3v) is 7.04. The van der Waals surface area contributed by atoms with Crippen LogP contribution in [-0.2, 0) is 27.2 Å². The molecule has 0 atom stereocenters. The lowest BCUT2D eigenvalue weighted by Crippen LogP contribution is -2.32. The molecule has 0 saturated heterocycles. The molecule has 1 aliphatic rings. The number of aryl methyl sites for hydroxylation is 1. The number of nitro benzene ring substituents is 1. The van der Waals surface area contributed by atoms with E-state index in [1.165, 1.54) is 74.2 Å². The van der Waals surface area contributed by atoms with E-state index in [1.54, 1.807) is 0 Å². The van der Waals surface area contributed by atoms with Crippen molar-refractivity contribution in [3.63, 3.8) is 0 Å². The van der Waals surface area contributed by atoms with Gasteiger partial charge in [-0.3, -0.25) is 19.7 Å². The van der Waals surface area contributed by atoms with Crippen molar-refractivity contribution in [2.75, 3.05) is 19.5 Å². The second kappa shape index (κ2) is 12.2. The van der Waals surface area contributed by atoms with Crippen LogP contribution in [0, 0.1) is 10.1 Å². The van der Waals surface area contributed by atoms with Crippen LogP contribution in [-0.4, -0.2) is 49.1 Å². The maximum absolute atomic E-state index is 12.4. The Labute approximate surface area is 230 Å². The number of ether oxygens (including phenoxy) is 3. The first kappa shape index (κ1) is 27.9. The molecule has 2 amide bonds. The first-order valence-electron chi connectivity index (χ1n) is 11.7. The monoisotopic (exact) mass is 566 g/mol. The number of thiophene rings is 1. The zero-order valence-electron chi connectivity index (χ0n) is 21.2. The molecule has 1 aliphatic carbocycles. The Kier molecular flexibility index (Phi) is 8.49. The van der Waals surface area contributed by atoms with E-state index in [-0.39, 0.29) is 33.3 Å². The van der Waals surface area contributed by atoms with Crippen molar-refractivity contribution in [3.8, 4) is 11.5 Å². The van der Waals surface area contributed by atoms with Crippen LogP contribution in [0.2, 0.25) is 0 Å². The quantitative estimate of drug-likeness (QED) is 0.103. The van der Waals surface area contributed by atoms with E-state index < -0.39 is 28.7 Å². The van der Waals surface area contributed by atoms with Crippen LogP contribution < -0.4 is 20.2 Å². The van der Waals surface area contributed by atoms with Crippen molar-refractivity contribution in [1.29, 1.82) is 0 Å². The molecule has 2 N–H and O–H groups in total. The van der Waals surface area contributed by atoms with Gasteiger partial charge in [-0.1, -0.05) is 0 Å². The average molecular weight is 567 g/mol. The number of nitrogens with one attached hydrogen (secondary N) is 2. The van der Waals surface area contributed by atoms with E-state index >= 15 is 0 Å².